The number of carbonyl (C=O) groups is 1. The summed E-state index contributed by atoms with van der Waals surface area (Å²) in [5.74, 6) is -0.289. The Morgan fingerprint density at radius 3 is 2.72 bits per heavy atom. The lowest BCUT2D eigenvalue weighted by Crippen LogP contribution is -2.15. The molecule has 0 saturated heterocycles. The van der Waals surface area contributed by atoms with E-state index in [0.717, 1.165) is 0 Å². The van der Waals surface area contributed by atoms with Gasteiger partial charge in [0.25, 0.3) is 0 Å². The Kier molecular flexibility index (Phi) is 4.69. The number of benzene rings is 1. The molecular weight excluding hydrogens is 234 g/mol. The summed E-state index contributed by atoms with van der Waals surface area (Å²) in [6, 6.07) is 4.99. The van der Waals surface area contributed by atoms with Crippen molar-refractivity contribution in [3.8, 4) is 11.8 Å². The van der Waals surface area contributed by atoms with Crippen LogP contribution in [0.1, 0.15) is 29.7 Å². The zero-order valence-electron chi connectivity index (χ0n) is 10.6. The summed E-state index contributed by atoms with van der Waals surface area (Å²) < 4.78 is 9.81. The lowest BCUT2D eigenvalue weighted by atomic mass is 10.0. The predicted octanol–water partition coefficient (Wildman–Crippen LogP) is 1.47. The van der Waals surface area contributed by atoms with Crippen molar-refractivity contribution in [1.29, 1.82) is 5.26 Å². The zero-order valence-corrected chi connectivity index (χ0v) is 10.6. The predicted molar refractivity (Wildman–Crippen MR) is 64.0 cm³/mol. The van der Waals surface area contributed by atoms with E-state index >= 15 is 0 Å². The lowest BCUT2D eigenvalue weighted by Gasteiger charge is -2.13. The Hall–Kier alpha value is -2.06. The third-order valence-electron chi connectivity index (χ3n) is 2.45. The van der Waals surface area contributed by atoms with Gasteiger partial charge in [-0.05, 0) is 37.1 Å². The molecule has 0 radical (unpaired) electrons. The van der Waals surface area contributed by atoms with E-state index < -0.39 is 12.1 Å². The van der Waals surface area contributed by atoms with Crippen molar-refractivity contribution in [2.75, 3.05) is 13.7 Å². The molecule has 0 saturated carbocycles. The molecule has 1 aromatic carbocycles. The molecule has 1 atom stereocenters. The van der Waals surface area contributed by atoms with Gasteiger partial charge < -0.3 is 14.6 Å². The van der Waals surface area contributed by atoms with Gasteiger partial charge in [0.1, 0.15) is 11.8 Å². The van der Waals surface area contributed by atoms with Crippen molar-refractivity contribution in [3.05, 3.63) is 28.8 Å². The number of hydrogen-bond donors (Lipinski definition) is 1. The van der Waals surface area contributed by atoms with Crippen molar-refractivity contribution >= 4 is 5.97 Å². The number of ether oxygens (including phenoxy) is 2. The fourth-order valence-corrected chi connectivity index (χ4v) is 1.67. The van der Waals surface area contributed by atoms with Crippen LogP contribution in [0.15, 0.2) is 12.1 Å². The lowest BCUT2D eigenvalue weighted by molar-refractivity contribution is -0.153. The van der Waals surface area contributed by atoms with Crippen LogP contribution in [0.25, 0.3) is 0 Å². The Bertz CT molecular complexity index is 490. The molecule has 5 heteroatoms. The Balaban J connectivity index is 3.16. The first-order valence-corrected chi connectivity index (χ1v) is 5.48. The van der Waals surface area contributed by atoms with Gasteiger partial charge in [0.05, 0.1) is 19.3 Å². The number of aryl methyl sites for hydroxylation is 1. The maximum absolute atomic E-state index is 11.4. The van der Waals surface area contributed by atoms with Crippen LogP contribution in [0.4, 0.5) is 0 Å². The normalized spacial score (nSPS) is 11.5. The number of aliphatic hydroxyl groups excluding tert-OH is 1. The van der Waals surface area contributed by atoms with Crippen LogP contribution in [0.5, 0.6) is 5.75 Å². The van der Waals surface area contributed by atoms with Gasteiger partial charge in [-0.3, -0.25) is 0 Å². The summed E-state index contributed by atoms with van der Waals surface area (Å²) >= 11 is 0. The van der Waals surface area contributed by atoms with Crippen LogP contribution in [0, 0.1) is 18.3 Å². The highest BCUT2D eigenvalue weighted by atomic mass is 16.5. The smallest absolute Gasteiger partial charge is 0.339 e. The van der Waals surface area contributed by atoms with Gasteiger partial charge in [-0.1, -0.05) is 0 Å². The molecule has 1 N–H and O–H groups in total. The summed E-state index contributed by atoms with van der Waals surface area (Å²) in [6.45, 7) is 3.59. The fourth-order valence-electron chi connectivity index (χ4n) is 1.67. The molecule has 5 nitrogen and oxygen atoms in total. The topological polar surface area (TPSA) is 79.6 Å². The van der Waals surface area contributed by atoms with Crippen LogP contribution in [-0.2, 0) is 9.53 Å². The van der Waals surface area contributed by atoms with Crippen LogP contribution in [0.3, 0.4) is 0 Å². The summed E-state index contributed by atoms with van der Waals surface area (Å²) in [7, 11) is 1.46. The third-order valence-corrected chi connectivity index (χ3v) is 2.45. The quantitative estimate of drug-likeness (QED) is 0.817. The number of nitrogens with zero attached hydrogens (tertiary/aromatic N) is 1. The van der Waals surface area contributed by atoms with Crippen molar-refractivity contribution in [2.45, 2.75) is 20.0 Å². The van der Waals surface area contributed by atoms with E-state index in [1.165, 1.54) is 13.2 Å². The SMILES string of the molecule is CCOC(=O)C(O)c1cc(C)c(OC)c(C#N)c1. The minimum absolute atomic E-state index is 0.191. The number of methoxy groups -OCH3 is 1. The second-order valence-corrected chi connectivity index (χ2v) is 3.68. The first kappa shape index (κ1) is 14.0. The highest BCUT2D eigenvalue weighted by Crippen LogP contribution is 2.27. The average Bonchev–Trinajstić information content (AvgIpc) is 2.36. The number of hydrogen-bond acceptors (Lipinski definition) is 5. The van der Waals surface area contributed by atoms with Crippen LogP contribution >= 0.6 is 0 Å². The maximum atomic E-state index is 11.4. The number of aliphatic hydroxyl groups is 1. The maximum Gasteiger partial charge on any atom is 0.339 e. The molecule has 0 aliphatic carbocycles. The number of rotatable bonds is 4. The summed E-state index contributed by atoms with van der Waals surface area (Å²) in [5.41, 5.74) is 1.27. The number of nitriles is 1. The van der Waals surface area contributed by atoms with E-state index in [0.29, 0.717) is 16.9 Å². The van der Waals surface area contributed by atoms with Crippen LogP contribution < -0.4 is 4.74 Å². The van der Waals surface area contributed by atoms with Gasteiger partial charge in [0, 0.05) is 0 Å². The summed E-state index contributed by atoms with van der Waals surface area (Å²) in [5, 5.41) is 18.8. The monoisotopic (exact) mass is 249 g/mol. The second-order valence-electron chi connectivity index (χ2n) is 3.68. The second kappa shape index (κ2) is 6.03. The molecule has 96 valence electrons. The number of carbonyl (C=O) groups excluding carboxylic acids is 1. The molecule has 0 aliphatic rings. The van der Waals surface area contributed by atoms with Crippen molar-refractivity contribution in [1.82, 2.24) is 0 Å². The van der Waals surface area contributed by atoms with E-state index in [9.17, 15) is 9.90 Å². The van der Waals surface area contributed by atoms with Crippen LogP contribution in [-0.4, -0.2) is 24.8 Å². The molecule has 1 aromatic rings. The van der Waals surface area contributed by atoms with E-state index in [-0.39, 0.29) is 12.2 Å². The average molecular weight is 249 g/mol. The van der Waals surface area contributed by atoms with Crippen molar-refractivity contribution < 1.29 is 19.4 Å². The molecule has 0 aliphatic heterocycles. The summed E-state index contributed by atoms with van der Waals surface area (Å²) in [4.78, 5) is 11.4. The minimum atomic E-state index is -1.39. The van der Waals surface area contributed by atoms with Gasteiger partial charge in [-0.15, -0.1) is 0 Å². The fraction of sp³-hybridized carbons (Fsp3) is 0.385. The highest BCUT2D eigenvalue weighted by molar-refractivity contribution is 5.76. The van der Waals surface area contributed by atoms with E-state index in [1.807, 2.05) is 6.07 Å². The third kappa shape index (κ3) is 2.79. The van der Waals surface area contributed by atoms with Crippen molar-refractivity contribution in [2.24, 2.45) is 0 Å². The Morgan fingerprint density at radius 1 is 1.56 bits per heavy atom. The van der Waals surface area contributed by atoms with E-state index in [4.69, 9.17) is 14.7 Å². The van der Waals surface area contributed by atoms with Crippen LogP contribution in [0.2, 0.25) is 0 Å². The highest BCUT2D eigenvalue weighted by Gasteiger charge is 2.21. The first-order chi connectivity index (χ1) is 8.54. The van der Waals surface area contributed by atoms with E-state index in [2.05, 4.69) is 0 Å². The largest absolute Gasteiger partial charge is 0.495 e. The van der Waals surface area contributed by atoms with Gasteiger partial charge in [0.2, 0.25) is 0 Å². The number of esters is 1. The van der Waals surface area contributed by atoms with Gasteiger partial charge in [-0.2, -0.15) is 5.26 Å². The van der Waals surface area contributed by atoms with Gasteiger partial charge in [0.15, 0.2) is 6.10 Å². The van der Waals surface area contributed by atoms with Crippen molar-refractivity contribution in [3.63, 3.8) is 0 Å². The van der Waals surface area contributed by atoms with Gasteiger partial charge >= 0.3 is 5.97 Å². The molecule has 1 unspecified atom stereocenters. The molecule has 0 bridgehead atoms. The molecular formula is C13H15NO4. The van der Waals surface area contributed by atoms with E-state index in [1.54, 1.807) is 19.9 Å². The molecule has 1 rings (SSSR count). The first-order valence-electron chi connectivity index (χ1n) is 5.48. The standard InChI is InChI=1S/C13H15NO4/c1-4-18-13(16)11(15)9-5-8(2)12(17-3)10(6-9)7-14/h5-6,11,15H,4H2,1-3H3. The molecule has 0 aromatic heterocycles. The molecule has 0 fully saturated rings. The Labute approximate surface area is 106 Å². The summed E-state index contributed by atoms with van der Waals surface area (Å²) in [6.07, 6.45) is -1.39. The molecule has 18 heavy (non-hydrogen) atoms. The van der Waals surface area contributed by atoms with Gasteiger partial charge in [-0.25, -0.2) is 4.79 Å². The molecule has 0 heterocycles. The molecule has 0 amide bonds. The minimum Gasteiger partial charge on any atom is -0.495 e. The molecule has 0 spiro atoms. The Morgan fingerprint density at radius 2 is 2.22 bits per heavy atom. The zero-order chi connectivity index (χ0) is 13.7.